The van der Waals surface area contributed by atoms with Gasteiger partial charge in [-0.1, -0.05) is 19.0 Å². The number of carbonyl (C=O) groups excluding carboxylic acids is 1. The van der Waals surface area contributed by atoms with Crippen molar-refractivity contribution in [2.45, 2.75) is 38.3 Å². The second kappa shape index (κ2) is 5.92. The monoisotopic (exact) mass is 339 g/mol. The molecule has 0 spiro atoms. The molecule has 0 N–H and O–H groups in total. The molecule has 1 aromatic carbocycles. The van der Waals surface area contributed by atoms with Gasteiger partial charge in [0.15, 0.2) is 5.82 Å². The molecule has 0 saturated carbocycles. The zero-order valence-electron chi connectivity index (χ0n) is 13.2. The first-order chi connectivity index (χ1) is 11.3. The molecule has 1 unspecified atom stereocenters. The number of amides is 1. The van der Waals surface area contributed by atoms with Crippen LogP contribution in [-0.2, 0) is 11.0 Å². The van der Waals surface area contributed by atoms with E-state index in [-0.39, 0.29) is 24.2 Å². The van der Waals surface area contributed by atoms with E-state index in [1.807, 2.05) is 13.8 Å². The number of rotatable bonds is 3. The van der Waals surface area contributed by atoms with E-state index in [4.69, 9.17) is 4.52 Å². The molecular weight excluding hydrogens is 323 g/mol. The van der Waals surface area contributed by atoms with Crippen molar-refractivity contribution < 1.29 is 22.5 Å². The van der Waals surface area contributed by atoms with Gasteiger partial charge in [0.2, 0.25) is 11.8 Å². The molecule has 8 heteroatoms. The van der Waals surface area contributed by atoms with Crippen molar-refractivity contribution in [1.82, 2.24) is 10.1 Å². The Morgan fingerprint density at radius 1 is 1.25 bits per heavy atom. The second-order valence-corrected chi connectivity index (χ2v) is 6.10. The Balaban J connectivity index is 1.77. The minimum Gasteiger partial charge on any atom is -0.339 e. The molecule has 3 rings (SSSR count). The van der Waals surface area contributed by atoms with Gasteiger partial charge in [0.25, 0.3) is 0 Å². The first-order valence-electron chi connectivity index (χ1n) is 7.57. The molecule has 1 aliphatic heterocycles. The maximum Gasteiger partial charge on any atom is 0.416 e. The van der Waals surface area contributed by atoms with E-state index < -0.39 is 11.7 Å². The fourth-order valence-electron chi connectivity index (χ4n) is 2.60. The molecular formula is C16H16F3N3O2. The molecule has 24 heavy (non-hydrogen) atoms. The van der Waals surface area contributed by atoms with Crippen molar-refractivity contribution in [3.63, 3.8) is 0 Å². The van der Waals surface area contributed by atoms with Gasteiger partial charge in [0, 0.05) is 24.6 Å². The van der Waals surface area contributed by atoms with Gasteiger partial charge in [0.1, 0.15) is 0 Å². The summed E-state index contributed by atoms with van der Waals surface area (Å²) in [5.74, 6) is 0.654. The summed E-state index contributed by atoms with van der Waals surface area (Å²) in [4.78, 5) is 17.9. The van der Waals surface area contributed by atoms with Crippen LogP contribution in [0.2, 0.25) is 0 Å². The molecule has 1 fully saturated rings. The Bertz CT molecular complexity index is 738. The summed E-state index contributed by atoms with van der Waals surface area (Å²) in [6.07, 6.45) is -4.20. The zero-order chi connectivity index (χ0) is 17.5. The number of alkyl halides is 3. The number of hydrogen-bond donors (Lipinski definition) is 0. The predicted octanol–water partition coefficient (Wildman–Crippen LogP) is 3.73. The molecule has 0 radical (unpaired) electrons. The van der Waals surface area contributed by atoms with Crippen molar-refractivity contribution >= 4 is 11.6 Å². The summed E-state index contributed by atoms with van der Waals surface area (Å²) < 4.78 is 43.1. The summed E-state index contributed by atoms with van der Waals surface area (Å²) >= 11 is 0. The normalized spacial score (nSPS) is 18.7. The Labute approximate surface area is 136 Å². The Kier molecular flexibility index (Phi) is 4.06. The third-order valence-electron chi connectivity index (χ3n) is 3.95. The van der Waals surface area contributed by atoms with Crippen LogP contribution in [0.15, 0.2) is 28.8 Å². The van der Waals surface area contributed by atoms with E-state index in [1.54, 1.807) is 0 Å². The molecule has 1 aliphatic rings. The van der Waals surface area contributed by atoms with Gasteiger partial charge in [-0.3, -0.25) is 4.79 Å². The first-order valence-corrected chi connectivity index (χ1v) is 7.57. The summed E-state index contributed by atoms with van der Waals surface area (Å²) in [6, 6.07) is 4.55. The lowest BCUT2D eigenvalue weighted by atomic mass is 10.1. The van der Waals surface area contributed by atoms with Gasteiger partial charge in [-0.2, -0.15) is 18.2 Å². The van der Waals surface area contributed by atoms with E-state index in [2.05, 4.69) is 10.1 Å². The van der Waals surface area contributed by atoms with Crippen LogP contribution in [0.1, 0.15) is 49.4 Å². The summed E-state index contributed by atoms with van der Waals surface area (Å²) in [5.41, 5.74) is -0.313. The lowest BCUT2D eigenvalue weighted by molar-refractivity contribution is -0.137. The molecule has 1 atom stereocenters. The average molecular weight is 339 g/mol. The molecule has 2 aromatic rings. The molecule has 5 nitrogen and oxygen atoms in total. The molecule has 1 saturated heterocycles. The van der Waals surface area contributed by atoms with Crippen molar-refractivity contribution in [2.75, 3.05) is 11.4 Å². The van der Waals surface area contributed by atoms with Gasteiger partial charge in [0.05, 0.1) is 11.5 Å². The highest BCUT2D eigenvalue weighted by Crippen LogP contribution is 2.34. The molecule has 1 amide bonds. The highest BCUT2D eigenvalue weighted by atomic mass is 19.4. The van der Waals surface area contributed by atoms with Crippen LogP contribution in [-0.4, -0.2) is 22.6 Å². The number of halogens is 3. The quantitative estimate of drug-likeness (QED) is 0.855. The number of hydrogen-bond acceptors (Lipinski definition) is 4. The zero-order valence-corrected chi connectivity index (χ0v) is 13.2. The highest BCUT2D eigenvalue weighted by molar-refractivity contribution is 5.96. The van der Waals surface area contributed by atoms with Crippen LogP contribution in [0.3, 0.4) is 0 Å². The molecule has 0 bridgehead atoms. The smallest absolute Gasteiger partial charge is 0.339 e. The fraction of sp³-hybridized carbons (Fsp3) is 0.438. The lowest BCUT2D eigenvalue weighted by Crippen LogP contribution is -2.24. The van der Waals surface area contributed by atoms with Crippen LogP contribution >= 0.6 is 0 Å². The van der Waals surface area contributed by atoms with E-state index in [0.29, 0.717) is 23.9 Å². The van der Waals surface area contributed by atoms with Crippen LogP contribution in [0.4, 0.5) is 18.9 Å². The third-order valence-corrected chi connectivity index (χ3v) is 3.95. The fourth-order valence-corrected chi connectivity index (χ4v) is 2.60. The van der Waals surface area contributed by atoms with E-state index in [0.717, 1.165) is 12.1 Å². The number of benzene rings is 1. The number of anilines is 1. The maximum atomic E-state index is 12.6. The van der Waals surface area contributed by atoms with Gasteiger partial charge in [-0.25, -0.2) is 0 Å². The van der Waals surface area contributed by atoms with Gasteiger partial charge < -0.3 is 9.42 Å². The molecule has 128 valence electrons. The van der Waals surface area contributed by atoms with Crippen LogP contribution in [0.25, 0.3) is 0 Å². The van der Waals surface area contributed by atoms with Crippen LogP contribution < -0.4 is 4.90 Å². The summed E-state index contributed by atoms with van der Waals surface area (Å²) in [7, 11) is 0. The van der Waals surface area contributed by atoms with Crippen molar-refractivity contribution in [3.05, 3.63) is 41.5 Å². The van der Waals surface area contributed by atoms with E-state index in [9.17, 15) is 18.0 Å². The molecule has 0 aliphatic carbocycles. The lowest BCUT2D eigenvalue weighted by Gasteiger charge is -2.17. The standard InChI is InChI=1S/C16H16F3N3O2/c1-9(2)14-20-15(24-21-14)10-7-13(23)22(8-10)12-5-3-11(4-6-12)16(17,18)19/h3-6,9-10H,7-8H2,1-2H3. The number of aromatic nitrogens is 2. The van der Waals surface area contributed by atoms with Gasteiger partial charge in [-0.15, -0.1) is 0 Å². The van der Waals surface area contributed by atoms with Gasteiger partial charge in [-0.05, 0) is 24.3 Å². The van der Waals surface area contributed by atoms with Crippen molar-refractivity contribution in [2.24, 2.45) is 0 Å². The molecule has 2 heterocycles. The van der Waals surface area contributed by atoms with Crippen LogP contribution in [0.5, 0.6) is 0 Å². The van der Waals surface area contributed by atoms with Crippen molar-refractivity contribution in [3.8, 4) is 0 Å². The number of carbonyl (C=O) groups is 1. The SMILES string of the molecule is CC(C)c1noc(C2CC(=O)N(c3ccc(C(F)(F)F)cc3)C2)n1. The van der Waals surface area contributed by atoms with Crippen LogP contribution in [0, 0.1) is 0 Å². The molecule has 1 aromatic heterocycles. The first kappa shape index (κ1) is 16.5. The number of nitrogens with zero attached hydrogens (tertiary/aromatic N) is 3. The van der Waals surface area contributed by atoms with E-state index in [1.165, 1.54) is 17.0 Å². The minimum atomic E-state index is -4.40. The third kappa shape index (κ3) is 3.13. The van der Waals surface area contributed by atoms with Gasteiger partial charge >= 0.3 is 6.18 Å². The summed E-state index contributed by atoms with van der Waals surface area (Å²) in [5, 5.41) is 3.88. The Hall–Kier alpha value is -2.38. The second-order valence-electron chi connectivity index (χ2n) is 6.10. The minimum absolute atomic E-state index is 0.116. The topological polar surface area (TPSA) is 59.2 Å². The van der Waals surface area contributed by atoms with E-state index >= 15 is 0 Å². The maximum absolute atomic E-state index is 12.6. The van der Waals surface area contributed by atoms with Crippen molar-refractivity contribution in [1.29, 1.82) is 0 Å². The Morgan fingerprint density at radius 3 is 2.46 bits per heavy atom. The summed E-state index contributed by atoms with van der Waals surface area (Å²) in [6.45, 7) is 4.18. The average Bonchev–Trinajstić information content (AvgIpc) is 3.13. The highest BCUT2D eigenvalue weighted by Gasteiger charge is 2.36. The largest absolute Gasteiger partial charge is 0.416 e. The predicted molar refractivity (Wildman–Crippen MR) is 79.5 cm³/mol. The Morgan fingerprint density at radius 2 is 1.92 bits per heavy atom.